The van der Waals surface area contributed by atoms with Gasteiger partial charge in [-0.05, 0) is 89.6 Å². The quantitative estimate of drug-likeness (QED) is 0.292. The fraction of sp³-hybridized carbons (Fsp3) is 0.515. The molecule has 0 radical (unpaired) electrons. The van der Waals surface area contributed by atoms with Crippen molar-refractivity contribution < 1.29 is 18.3 Å². The van der Waals surface area contributed by atoms with E-state index in [9.17, 15) is 18.3 Å². The molecule has 5 rings (SSSR count). The number of fused-ring (bicyclic) bond motifs is 1. The first kappa shape index (κ1) is 32.6. The number of anilines is 4. The molecule has 2 saturated heterocycles. The predicted octanol–water partition coefficient (Wildman–Crippen LogP) is 4.30. The number of aliphatic hydroxyl groups is 1. The number of piperidine rings is 1. The summed E-state index contributed by atoms with van der Waals surface area (Å²) < 4.78 is 24.4. The number of hydrogen-bond acceptors (Lipinski definition) is 10. The summed E-state index contributed by atoms with van der Waals surface area (Å²) in [6.45, 7) is 16.9. The van der Waals surface area contributed by atoms with Crippen molar-refractivity contribution in [3.63, 3.8) is 0 Å². The molecule has 2 atom stereocenters. The van der Waals surface area contributed by atoms with Gasteiger partial charge in [-0.3, -0.25) is 4.79 Å². The molecular weight excluding hydrogens is 590 g/mol. The van der Waals surface area contributed by atoms with E-state index in [0.29, 0.717) is 43.5 Å². The second-order valence-corrected chi connectivity index (χ2v) is 16.1. The Morgan fingerprint density at radius 3 is 2.44 bits per heavy atom. The van der Waals surface area contributed by atoms with Crippen molar-refractivity contribution in [1.29, 1.82) is 0 Å². The Hall–Kier alpha value is -3.77. The number of hydrogen-bond donors (Lipinski definition) is 3. The highest BCUT2D eigenvalue weighted by Crippen LogP contribution is 2.49. The van der Waals surface area contributed by atoms with Gasteiger partial charge in [0.1, 0.15) is 21.5 Å². The number of benzene rings is 1. The molecule has 11 nitrogen and oxygen atoms in total. The minimum Gasteiger partial charge on any atom is -0.390 e. The highest BCUT2D eigenvalue weighted by molar-refractivity contribution is 7.90. The van der Waals surface area contributed by atoms with E-state index >= 15 is 0 Å². The Kier molecular flexibility index (Phi) is 8.37. The number of sulfone groups is 1. The third kappa shape index (κ3) is 6.62. The maximum absolute atomic E-state index is 12.4. The van der Waals surface area contributed by atoms with E-state index in [4.69, 9.17) is 9.97 Å². The minimum absolute atomic E-state index is 0.00650. The van der Waals surface area contributed by atoms with Crippen molar-refractivity contribution in [2.75, 3.05) is 40.2 Å². The maximum atomic E-state index is 12.4. The Balaban J connectivity index is 1.53. The van der Waals surface area contributed by atoms with Crippen LogP contribution in [0.25, 0.3) is 10.8 Å². The second-order valence-electron chi connectivity index (χ2n) is 13.9. The first-order valence-electron chi connectivity index (χ1n) is 15.3. The van der Waals surface area contributed by atoms with Crippen molar-refractivity contribution in [3.8, 4) is 0 Å². The normalized spacial score (nSPS) is 21.2. The molecule has 242 valence electrons. The second kappa shape index (κ2) is 11.5. The molecule has 0 unspecified atom stereocenters. The van der Waals surface area contributed by atoms with Crippen LogP contribution in [0, 0.1) is 5.92 Å². The smallest absolute Gasteiger partial charge is 0.244 e. The van der Waals surface area contributed by atoms with Crippen LogP contribution in [0.4, 0.5) is 23.3 Å². The predicted molar refractivity (Wildman–Crippen MR) is 180 cm³/mol. The van der Waals surface area contributed by atoms with Gasteiger partial charge in [0.2, 0.25) is 11.9 Å². The molecule has 3 N–H and O–H groups in total. The molecule has 3 aromatic rings. The molecule has 2 fully saturated rings. The third-order valence-electron chi connectivity index (χ3n) is 9.45. The van der Waals surface area contributed by atoms with Gasteiger partial charge in [-0.1, -0.05) is 12.6 Å². The van der Waals surface area contributed by atoms with Gasteiger partial charge >= 0.3 is 0 Å². The summed E-state index contributed by atoms with van der Waals surface area (Å²) in [6, 6.07) is 7.80. The largest absolute Gasteiger partial charge is 0.390 e. The number of carbonyl (C=O) groups is 1. The SMILES string of the molecule is C=CC(=O)NC(C)(C)c1ccc(N2[C@H](C)[C@@H](CS(C)(=O)=O)C2(C)C)c2cnc(Nc3ccnc(N4CCC(C)(O)CC4)n3)cc12. The molecular formula is C33H45N7O4S. The molecule has 2 aromatic heterocycles. The highest BCUT2D eigenvalue weighted by atomic mass is 32.2. The Bertz CT molecular complexity index is 1730. The van der Waals surface area contributed by atoms with Crippen molar-refractivity contribution >= 4 is 49.8 Å². The zero-order chi connectivity index (χ0) is 32.9. The lowest BCUT2D eigenvalue weighted by Crippen LogP contribution is -2.71. The molecule has 1 amide bonds. The molecule has 12 heteroatoms. The zero-order valence-electron chi connectivity index (χ0n) is 27.3. The Labute approximate surface area is 266 Å². The van der Waals surface area contributed by atoms with E-state index in [1.54, 1.807) is 12.3 Å². The van der Waals surface area contributed by atoms with Gasteiger partial charge < -0.3 is 25.5 Å². The van der Waals surface area contributed by atoms with Gasteiger partial charge in [-0.15, -0.1) is 0 Å². The zero-order valence-corrected chi connectivity index (χ0v) is 28.1. The summed E-state index contributed by atoms with van der Waals surface area (Å²) >= 11 is 0. The fourth-order valence-electron chi connectivity index (χ4n) is 6.95. The topological polar surface area (TPSA) is 141 Å². The van der Waals surface area contributed by atoms with Gasteiger partial charge in [0.25, 0.3) is 0 Å². The average molecular weight is 636 g/mol. The Morgan fingerprint density at radius 2 is 1.82 bits per heavy atom. The summed E-state index contributed by atoms with van der Waals surface area (Å²) in [5.74, 6) is 1.56. The molecule has 1 aromatic carbocycles. The lowest BCUT2D eigenvalue weighted by Gasteiger charge is -2.62. The van der Waals surface area contributed by atoms with Gasteiger partial charge in [0.05, 0.1) is 16.9 Å². The van der Waals surface area contributed by atoms with Crippen molar-refractivity contribution in [3.05, 3.63) is 54.9 Å². The number of rotatable bonds is 9. The maximum Gasteiger partial charge on any atom is 0.244 e. The van der Waals surface area contributed by atoms with Gasteiger partial charge in [0, 0.05) is 60.3 Å². The molecule has 0 aliphatic carbocycles. The van der Waals surface area contributed by atoms with Crippen LogP contribution in [0.15, 0.2) is 49.3 Å². The van der Waals surface area contributed by atoms with E-state index in [1.165, 1.54) is 12.3 Å². The van der Waals surface area contributed by atoms with Crippen LogP contribution in [0.2, 0.25) is 0 Å². The van der Waals surface area contributed by atoms with E-state index in [0.717, 1.165) is 22.0 Å². The number of pyridine rings is 1. The van der Waals surface area contributed by atoms with E-state index in [-0.39, 0.29) is 23.6 Å². The Morgan fingerprint density at radius 1 is 1.13 bits per heavy atom. The number of aromatic nitrogens is 3. The summed E-state index contributed by atoms with van der Waals surface area (Å²) in [4.78, 5) is 30.7. The van der Waals surface area contributed by atoms with E-state index in [2.05, 4.69) is 52.8 Å². The molecule has 2 aliphatic rings. The summed E-state index contributed by atoms with van der Waals surface area (Å²) in [7, 11) is -3.15. The summed E-state index contributed by atoms with van der Waals surface area (Å²) in [5, 5.41) is 18.5. The molecule has 2 aliphatic heterocycles. The lowest BCUT2D eigenvalue weighted by atomic mass is 9.71. The van der Waals surface area contributed by atoms with Crippen LogP contribution >= 0.6 is 0 Å². The van der Waals surface area contributed by atoms with Crippen molar-refractivity contribution in [1.82, 2.24) is 20.3 Å². The molecule has 0 bridgehead atoms. The van der Waals surface area contributed by atoms with Gasteiger partial charge in [0.15, 0.2) is 0 Å². The number of carbonyl (C=O) groups excluding carboxylic acids is 1. The van der Waals surface area contributed by atoms with E-state index in [1.807, 2.05) is 45.2 Å². The van der Waals surface area contributed by atoms with Crippen LogP contribution in [-0.4, -0.2) is 76.7 Å². The van der Waals surface area contributed by atoms with Crippen LogP contribution in [0.5, 0.6) is 0 Å². The monoisotopic (exact) mass is 635 g/mol. The molecule has 45 heavy (non-hydrogen) atoms. The van der Waals surface area contributed by atoms with Gasteiger partial charge in [-0.25, -0.2) is 18.4 Å². The van der Waals surface area contributed by atoms with Gasteiger partial charge in [-0.2, -0.15) is 4.98 Å². The highest BCUT2D eigenvalue weighted by Gasteiger charge is 2.53. The minimum atomic E-state index is -3.15. The lowest BCUT2D eigenvalue weighted by molar-refractivity contribution is -0.118. The first-order valence-corrected chi connectivity index (χ1v) is 17.4. The number of amides is 1. The van der Waals surface area contributed by atoms with Crippen molar-refractivity contribution in [2.45, 2.75) is 77.1 Å². The summed E-state index contributed by atoms with van der Waals surface area (Å²) in [5.41, 5.74) is 0.0250. The summed E-state index contributed by atoms with van der Waals surface area (Å²) in [6.07, 6.45) is 7.36. The van der Waals surface area contributed by atoms with Crippen LogP contribution in [0.3, 0.4) is 0 Å². The molecule has 4 heterocycles. The van der Waals surface area contributed by atoms with Crippen LogP contribution in [-0.2, 0) is 20.2 Å². The van der Waals surface area contributed by atoms with Crippen LogP contribution in [0.1, 0.15) is 59.9 Å². The van der Waals surface area contributed by atoms with E-state index < -0.39 is 26.5 Å². The van der Waals surface area contributed by atoms with Crippen LogP contribution < -0.4 is 20.4 Å². The third-order valence-corrected chi connectivity index (χ3v) is 10.4. The number of nitrogens with one attached hydrogen (secondary N) is 2. The standard InChI is InChI=1S/C33H45N7O4S/c1-9-29(41)38-31(3,4)24-10-11-26(40-21(2)25(32(40,5)6)20-45(8,43)44)23-19-35-28(18-22(23)24)36-27-12-15-34-30(37-27)39-16-13-33(7,42)14-17-39/h9-12,15,18-19,21,25,42H,1,13-14,16-17,20H2,2-8H3,(H,38,41)(H,34,35,36,37)/t21-,25-/m1/s1. The fourth-order valence-corrected chi connectivity index (χ4v) is 8.29. The average Bonchev–Trinajstić information content (AvgIpc) is 2.95. The van der Waals surface area contributed by atoms with Crippen molar-refractivity contribution in [2.24, 2.45) is 5.92 Å². The molecule has 0 saturated carbocycles. The first-order chi connectivity index (χ1) is 20.9. The number of nitrogens with zero attached hydrogens (tertiary/aromatic N) is 5. The molecule has 0 spiro atoms.